The van der Waals surface area contributed by atoms with E-state index in [9.17, 15) is 0 Å². The van der Waals surface area contributed by atoms with Crippen LogP contribution in [0.3, 0.4) is 0 Å². The molecule has 5 nitrogen and oxygen atoms in total. The highest BCUT2D eigenvalue weighted by atomic mass is 32.1. The molecule has 0 bridgehead atoms. The molecule has 0 aromatic carbocycles. The molecule has 0 amide bonds. The van der Waals surface area contributed by atoms with E-state index in [4.69, 9.17) is 10.3 Å². The van der Waals surface area contributed by atoms with E-state index < -0.39 is 0 Å². The van der Waals surface area contributed by atoms with Crippen LogP contribution in [0.4, 0.5) is 0 Å². The lowest BCUT2D eigenvalue weighted by atomic mass is 9.84. The van der Waals surface area contributed by atoms with E-state index in [0.29, 0.717) is 24.7 Å². The molecule has 0 spiro atoms. The summed E-state index contributed by atoms with van der Waals surface area (Å²) in [7, 11) is 0. The van der Waals surface area contributed by atoms with Crippen molar-refractivity contribution in [2.75, 3.05) is 6.54 Å². The first kappa shape index (κ1) is 15.1. The lowest BCUT2D eigenvalue weighted by Gasteiger charge is -2.22. The van der Waals surface area contributed by atoms with Gasteiger partial charge in [0.15, 0.2) is 5.82 Å². The quantitative estimate of drug-likeness (QED) is 0.849. The Labute approximate surface area is 123 Å². The summed E-state index contributed by atoms with van der Waals surface area (Å²) in [5.41, 5.74) is 6.88. The first-order chi connectivity index (χ1) is 9.48. The molecule has 0 atom stereocenters. The van der Waals surface area contributed by atoms with E-state index in [1.807, 2.05) is 12.3 Å². The standard InChI is InChI=1S/C14H22N4OS/c1-10-9-20-13(16-10)8-11-17-12(19-18-11)4-5-14(2,3)6-7-15/h9H,4-8,15H2,1-3H3. The van der Waals surface area contributed by atoms with Crippen LogP contribution in [0.25, 0.3) is 0 Å². The minimum absolute atomic E-state index is 0.218. The molecule has 0 aliphatic carbocycles. The zero-order valence-electron chi connectivity index (χ0n) is 12.3. The van der Waals surface area contributed by atoms with Crippen LogP contribution < -0.4 is 5.73 Å². The van der Waals surface area contributed by atoms with Crippen molar-refractivity contribution in [2.24, 2.45) is 11.1 Å². The summed E-state index contributed by atoms with van der Waals surface area (Å²) in [6.07, 6.45) is 3.46. The Kier molecular flexibility index (Phi) is 4.88. The van der Waals surface area contributed by atoms with Gasteiger partial charge in [-0.25, -0.2) is 4.98 Å². The van der Waals surface area contributed by atoms with E-state index in [2.05, 4.69) is 29.0 Å². The summed E-state index contributed by atoms with van der Waals surface area (Å²) in [5, 5.41) is 7.08. The molecule has 2 heterocycles. The number of rotatable bonds is 7. The highest BCUT2D eigenvalue weighted by molar-refractivity contribution is 7.09. The van der Waals surface area contributed by atoms with E-state index in [1.54, 1.807) is 11.3 Å². The minimum Gasteiger partial charge on any atom is -0.339 e. The van der Waals surface area contributed by atoms with Crippen molar-refractivity contribution in [3.05, 3.63) is 27.8 Å². The van der Waals surface area contributed by atoms with Gasteiger partial charge >= 0.3 is 0 Å². The smallest absolute Gasteiger partial charge is 0.226 e. The van der Waals surface area contributed by atoms with Crippen molar-refractivity contribution in [1.29, 1.82) is 0 Å². The second kappa shape index (κ2) is 6.45. The Morgan fingerprint density at radius 3 is 2.75 bits per heavy atom. The normalized spacial score (nSPS) is 12.0. The van der Waals surface area contributed by atoms with Gasteiger partial charge in [0.2, 0.25) is 5.89 Å². The molecule has 20 heavy (non-hydrogen) atoms. The molecular formula is C14H22N4OS. The Balaban J connectivity index is 1.89. The van der Waals surface area contributed by atoms with Crippen molar-refractivity contribution >= 4 is 11.3 Å². The van der Waals surface area contributed by atoms with Crippen molar-refractivity contribution < 1.29 is 4.52 Å². The summed E-state index contributed by atoms with van der Waals surface area (Å²) in [6.45, 7) is 7.14. The molecule has 0 radical (unpaired) electrons. The molecule has 6 heteroatoms. The lowest BCUT2D eigenvalue weighted by Crippen LogP contribution is -2.17. The van der Waals surface area contributed by atoms with Crippen LogP contribution in [-0.2, 0) is 12.8 Å². The number of hydrogen-bond donors (Lipinski definition) is 1. The number of nitrogens with zero attached hydrogens (tertiary/aromatic N) is 3. The second-order valence-electron chi connectivity index (χ2n) is 5.87. The number of nitrogens with two attached hydrogens (primary N) is 1. The summed E-state index contributed by atoms with van der Waals surface area (Å²) in [5.74, 6) is 1.42. The number of hydrogen-bond acceptors (Lipinski definition) is 6. The van der Waals surface area contributed by atoms with Crippen LogP contribution in [0.15, 0.2) is 9.90 Å². The highest BCUT2D eigenvalue weighted by Gasteiger charge is 2.18. The largest absolute Gasteiger partial charge is 0.339 e. The fourth-order valence-corrected chi connectivity index (χ4v) is 2.81. The van der Waals surface area contributed by atoms with Gasteiger partial charge in [-0.15, -0.1) is 11.3 Å². The molecule has 0 saturated heterocycles. The van der Waals surface area contributed by atoms with Crippen molar-refractivity contribution in [3.63, 3.8) is 0 Å². The molecule has 0 unspecified atom stereocenters. The van der Waals surface area contributed by atoms with Crippen molar-refractivity contribution in [3.8, 4) is 0 Å². The van der Waals surface area contributed by atoms with E-state index in [-0.39, 0.29) is 5.41 Å². The third-order valence-corrected chi connectivity index (χ3v) is 4.29. The van der Waals surface area contributed by atoms with Gasteiger partial charge < -0.3 is 10.3 Å². The first-order valence-corrected chi connectivity index (χ1v) is 7.79. The van der Waals surface area contributed by atoms with Gasteiger partial charge in [-0.2, -0.15) is 4.98 Å². The Morgan fingerprint density at radius 2 is 2.10 bits per heavy atom. The molecule has 0 aliphatic rings. The number of aromatic nitrogens is 3. The minimum atomic E-state index is 0.218. The topological polar surface area (TPSA) is 77.8 Å². The van der Waals surface area contributed by atoms with Crippen LogP contribution in [0.1, 0.15) is 49.1 Å². The predicted octanol–water partition coefficient (Wildman–Crippen LogP) is 2.73. The maximum absolute atomic E-state index is 5.62. The fraction of sp³-hybridized carbons (Fsp3) is 0.643. The van der Waals surface area contributed by atoms with Crippen molar-refractivity contribution in [2.45, 2.75) is 46.5 Å². The third-order valence-electron chi connectivity index (χ3n) is 3.32. The van der Waals surface area contributed by atoms with Gasteiger partial charge in [0.1, 0.15) is 5.01 Å². The van der Waals surface area contributed by atoms with Crippen LogP contribution in [0.2, 0.25) is 0 Å². The predicted molar refractivity (Wildman–Crippen MR) is 79.7 cm³/mol. The van der Waals surface area contributed by atoms with Crippen LogP contribution in [0, 0.1) is 12.3 Å². The molecule has 2 aromatic heterocycles. The molecule has 2 aromatic rings. The monoisotopic (exact) mass is 294 g/mol. The maximum atomic E-state index is 5.62. The van der Waals surface area contributed by atoms with Gasteiger partial charge in [0.25, 0.3) is 0 Å². The zero-order chi connectivity index (χ0) is 14.6. The van der Waals surface area contributed by atoms with Crippen LogP contribution in [0.5, 0.6) is 0 Å². The summed E-state index contributed by atoms with van der Waals surface area (Å²) < 4.78 is 5.30. The van der Waals surface area contributed by atoms with E-state index in [1.165, 1.54) is 0 Å². The molecule has 2 rings (SSSR count). The lowest BCUT2D eigenvalue weighted by molar-refractivity contribution is 0.289. The number of aryl methyl sites for hydroxylation is 2. The van der Waals surface area contributed by atoms with Gasteiger partial charge in [0, 0.05) is 17.5 Å². The Hall–Kier alpha value is -1.27. The molecule has 110 valence electrons. The summed E-state index contributed by atoms with van der Waals surface area (Å²) in [6, 6.07) is 0. The van der Waals surface area contributed by atoms with Gasteiger partial charge in [-0.05, 0) is 31.7 Å². The van der Waals surface area contributed by atoms with Gasteiger partial charge in [-0.1, -0.05) is 19.0 Å². The molecule has 0 saturated carbocycles. The summed E-state index contributed by atoms with van der Waals surface area (Å²) >= 11 is 1.63. The van der Waals surface area contributed by atoms with E-state index >= 15 is 0 Å². The average molecular weight is 294 g/mol. The second-order valence-corrected chi connectivity index (χ2v) is 6.81. The van der Waals surface area contributed by atoms with Crippen LogP contribution >= 0.6 is 11.3 Å². The first-order valence-electron chi connectivity index (χ1n) is 6.91. The molecular weight excluding hydrogens is 272 g/mol. The summed E-state index contributed by atoms with van der Waals surface area (Å²) in [4.78, 5) is 8.84. The SMILES string of the molecule is Cc1csc(Cc2noc(CCC(C)(C)CCN)n2)n1. The van der Waals surface area contributed by atoms with Crippen molar-refractivity contribution in [1.82, 2.24) is 15.1 Å². The zero-order valence-corrected chi connectivity index (χ0v) is 13.2. The average Bonchev–Trinajstić information content (AvgIpc) is 2.97. The highest BCUT2D eigenvalue weighted by Crippen LogP contribution is 2.26. The van der Waals surface area contributed by atoms with Crippen LogP contribution in [-0.4, -0.2) is 21.7 Å². The van der Waals surface area contributed by atoms with Gasteiger partial charge in [-0.3, -0.25) is 0 Å². The molecule has 2 N–H and O–H groups in total. The maximum Gasteiger partial charge on any atom is 0.226 e. The fourth-order valence-electron chi connectivity index (χ4n) is 2.04. The van der Waals surface area contributed by atoms with Gasteiger partial charge in [0.05, 0.1) is 6.42 Å². The molecule has 0 aliphatic heterocycles. The molecule has 0 fully saturated rings. The Bertz CT molecular complexity index is 547. The van der Waals surface area contributed by atoms with E-state index in [0.717, 1.165) is 30.0 Å². The number of thiazole rings is 1. The Morgan fingerprint density at radius 1 is 1.30 bits per heavy atom. The third kappa shape index (κ3) is 4.38.